The minimum atomic E-state index is -1.84. The largest absolute Gasteiger partial charge is 0.479 e. The van der Waals surface area contributed by atoms with Crippen LogP contribution in [-0.2, 0) is 33.7 Å². The molecule has 3 rings (SSSR count). The predicted octanol–water partition coefficient (Wildman–Crippen LogP) is 3.07. The molecule has 3 atom stereocenters. The number of carbonyl (C=O) groups excluding carboxylic acids is 1. The number of hydrogen-bond acceptors (Lipinski definition) is 6. The summed E-state index contributed by atoms with van der Waals surface area (Å²) in [5.41, 5.74) is 7.14. The topological polar surface area (TPSA) is 114 Å². The first-order chi connectivity index (χ1) is 17.2. The van der Waals surface area contributed by atoms with Crippen molar-refractivity contribution in [1.29, 1.82) is 0 Å². The molecule has 4 N–H and O–H groups in total. The van der Waals surface area contributed by atoms with E-state index >= 15 is 0 Å². The Morgan fingerprint density at radius 1 is 1.17 bits per heavy atom. The number of nitrogens with two attached hydrogens (primary N) is 1. The molecular formula is C26H33F2N3O5. The van der Waals surface area contributed by atoms with Crippen LogP contribution < -0.4 is 11.1 Å². The Morgan fingerprint density at radius 2 is 1.86 bits per heavy atom. The molecule has 1 fully saturated rings. The second-order valence-electron chi connectivity index (χ2n) is 8.89. The van der Waals surface area contributed by atoms with Gasteiger partial charge in [-0.25, -0.2) is 18.4 Å². The smallest absolute Gasteiger partial charge is 0.412 e. The monoisotopic (exact) mass is 505 g/mol. The zero-order valence-electron chi connectivity index (χ0n) is 20.5. The molecule has 36 heavy (non-hydrogen) atoms. The van der Waals surface area contributed by atoms with Crippen LogP contribution in [-0.4, -0.2) is 60.1 Å². The van der Waals surface area contributed by atoms with Crippen LogP contribution in [0.2, 0.25) is 0 Å². The number of rotatable bonds is 11. The summed E-state index contributed by atoms with van der Waals surface area (Å²) in [5, 5.41) is 13.6. The van der Waals surface area contributed by atoms with Gasteiger partial charge in [0.2, 0.25) is 0 Å². The average molecular weight is 506 g/mol. The van der Waals surface area contributed by atoms with Gasteiger partial charge in [0, 0.05) is 31.1 Å². The third kappa shape index (κ3) is 6.18. The molecule has 8 nitrogen and oxygen atoms in total. The van der Waals surface area contributed by atoms with Gasteiger partial charge in [0.1, 0.15) is 18.4 Å². The Kier molecular flexibility index (Phi) is 9.36. The molecule has 0 saturated carbocycles. The van der Waals surface area contributed by atoms with Gasteiger partial charge < -0.3 is 25.6 Å². The molecule has 1 aliphatic rings. The van der Waals surface area contributed by atoms with Gasteiger partial charge in [0.15, 0.2) is 5.54 Å². The zero-order chi connectivity index (χ0) is 26.3. The Labute approximate surface area is 209 Å². The molecule has 1 aliphatic heterocycles. The SMILES string of the molecule is CCOC(=O)N1COC[C@@]1(C(=O)O)[C@H](CNCc1cccc(CC)c1)[C@@H](N)Cc1cc(F)cc(F)c1. The Balaban J connectivity index is 1.92. The molecule has 0 radical (unpaired) electrons. The summed E-state index contributed by atoms with van der Waals surface area (Å²) in [7, 11) is 0. The number of carbonyl (C=O) groups is 2. The van der Waals surface area contributed by atoms with Crippen LogP contribution in [0.3, 0.4) is 0 Å². The molecule has 0 unspecified atom stereocenters. The van der Waals surface area contributed by atoms with Crippen molar-refractivity contribution >= 4 is 12.1 Å². The lowest BCUT2D eigenvalue weighted by atomic mass is 9.76. The van der Waals surface area contributed by atoms with Crippen LogP contribution in [0, 0.1) is 17.6 Å². The number of aliphatic carboxylic acids is 1. The van der Waals surface area contributed by atoms with E-state index in [1.165, 1.54) is 0 Å². The number of hydrogen-bond donors (Lipinski definition) is 3. The summed E-state index contributed by atoms with van der Waals surface area (Å²) < 4.78 is 38.2. The van der Waals surface area contributed by atoms with E-state index in [0.717, 1.165) is 40.6 Å². The summed E-state index contributed by atoms with van der Waals surface area (Å²) in [4.78, 5) is 26.5. The third-order valence-electron chi connectivity index (χ3n) is 6.50. The van der Waals surface area contributed by atoms with Gasteiger partial charge in [-0.1, -0.05) is 31.2 Å². The molecule has 0 aliphatic carbocycles. The van der Waals surface area contributed by atoms with E-state index < -0.39 is 41.2 Å². The fourth-order valence-corrected chi connectivity index (χ4v) is 4.69. The minimum Gasteiger partial charge on any atom is -0.479 e. The molecule has 2 aromatic rings. The number of halogens is 2. The summed E-state index contributed by atoms with van der Waals surface area (Å²) in [6.45, 7) is 3.67. The van der Waals surface area contributed by atoms with Crippen molar-refractivity contribution in [3.63, 3.8) is 0 Å². The predicted molar refractivity (Wildman–Crippen MR) is 129 cm³/mol. The Bertz CT molecular complexity index is 1050. The number of benzene rings is 2. The van der Waals surface area contributed by atoms with Crippen molar-refractivity contribution in [3.8, 4) is 0 Å². The van der Waals surface area contributed by atoms with Gasteiger partial charge in [-0.15, -0.1) is 0 Å². The van der Waals surface area contributed by atoms with Crippen molar-refractivity contribution < 1.29 is 33.0 Å². The molecule has 1 heterocycles. The molecule has 0 aromatic heterocycles. The number of carboxylic acids is 1. The molecular weight excluding hydrogens is 472 g/mol. The second kappa shape index (κ2) is 12.2. The lowest BCUT2D eigenvalue weighted by Gasteiger charge is -2.41. The molecule has 1 amide bonds. The minimum absolute atomic E-state index is 0.0158. The fourth-order valence-electron chi connectivity index (χ4n) is 4.69. The molecule has 196 valence electrons. The summed E-state index contributed by atoms with van der Waals surface area (Å²) in [6, 6.07) is 10.1. The van der Waals surface area contributed by atoms with E-state index in [-0.39, 0.29) is 38.5 Å². The van der Waals surface area contributed by atoms with Crippen molar-refractivity contribution in [2.24, 2.45) is 11.7 Å². The van der Waals surface area contributed by atoms with E-state index in [1.54, 1.807) is 6.92 Å². The van der Waals surface area contributed by atoms with E-state index in [9.17, 15) is 23.5 Å². The highest BCUT2D eigenvalue weighted by Crippen LogP contribution is 2.34. The highest BCUT2D eigenvalue weighted by molar-refractivity contribution is 5.85. The Morgan fingerprint density at radius 3 is 2.50 bits per heavy atom. The van der Waals surface area contributed by atoms with Gasteiger partial charge >= 0.3 is 12.1 Å². The maximum Gasteiger partial charge on any atom is 0.412 e. The van der Waals surface area contributed by atoms with Crippen molar-refractivity contribution in [3.05, 3.63) is 70.8 Å². The van der Waals surface area contributed by atoms with Crippen LogP contribution >= 0.6 is 0 Å². The molecule has 1 saturated heterocycles. The number of carboxylic acid groups (broad SMARTS) is 1. The van der Waals surface area contributed by atoms with Crippen molar-refractivity contribution in [1.82, 2.24) is 10.2 Å². The zero-order valence-corrected chi connectivity index (χ0v) is 20.5. The van der Waals surface area contributed by atoms with E-state index in [2.05, 4.69) is 12.2 Å². The number of nitrogens with one attached hydrogen (secondary N) is 1. The Hall–Kier alpha value is -3.08. The first-order valence-corrected chi connectivity index (χ1v) is 12.0. The van der Waals surface area contributed by atoms with Gasteiger partial charge in [-0.2, -0.15) is 0 Å². The maximum atomic E-state index is 13.8. The number of aryl methyl sites for hydroxylation is 1. The van der Waals surface area contributed by atoms with E-state index in [4.69, 9.17) is 15.2 Å². The summed E-state index contributed by atoms with van der Waals surface area (Å²) in [6.07, 6.45) is 0.0272. The molecule has 10 heteroatoms. The molecule has 0 spiro atoms. The van der Waals surface area contributed by atoms with Crippen LogP contribution in [0.15, 0.2) is 42.5 Å². The normalized spacial score (nSPS) is 19.2. The highest BCUT2D eigenvalue weighted by Gasteiger charge is 2.58. The van der Waals surface area contributed by atoms with Crippen molar-refractivity contribution in [2.45, 2.75) is 44.8 Å². The first kappa shape index (κ1) is 27.5. The summed E-state index contributed by atoms with van der Waals surface area (Å²) >= 11 is 0. The molecule has 0 bridgehead atoms. The van der Waals surface area contributed by atoms with Crippen LogP contribution in [0.4, 0.5) is 13.6 Å². The first-order valence-electron chi connectivity index (χ1n) is 12.0. The quantitative estimate of drug-likeness (QED) is 0.430. The number of amides is 1. The summed E-state index contributed by atoms with van der Waals surface area (Å²) in [5.74, 6) is -3.70. The number of ether oxygens (including phenoxy) is 2. The van der Waals surface area contributed by atoms with Gasteiger partial charge in [0.05, 0.1) is 13.2 Å². The van der Waals surface area contributed by atoms with E-state index in [0.29, 0.717) is 6.54 Å². The molecule has 2 aromatic carbocycles. The van der Waals surface area contributed by atoms with Crippen molar-refractivity contribution in [2.75, 3.05) is 26.5 Å². The lowest BCUT2D eigenvalue weighted by Crippen LogP contribution is -2.66. The van der Waals surface area contributed by atoms with Crippen LogP contribution in [0.5, 0.6) is 0 Å². The maximum absolute atomic E-state index is 13.8. The van der Waals surface area contributed by atoms with Gasteiger partial charge in [-0.3, -0.25) is 4.90 Å². The fraction of sp³-hybridized carbons (Fsp3) is 0.462. The highest BCUT2D eigenvalue weighted by atomic mass is 19.1. The standard InChI is InChI=1S/C26H33F2N3O5/c1-3-17-6-5-7-18(8-17)13-30-14-22(23(29)11-19-9-20(27)12-21(28)10-19)26(24(32)33)15-35-16-31(26)25(34)36-4-2/h5-10,12,22-23,30H,3-4,11,13-16,29H2,1-2H3,(H,32,33)/t22-,23+,26+/m1/s1. The van der Waals surface area contributed by atoms with Gasteiger partial charge in [0.25, 0.3) is 0 Å². The lowest BCUT2D eigenvalue weighted by molar-refractivity contribution is -0.152. The average Bonchev–Trinajstić information content (AvgIpc) is 3.27. The number of nitrogens with zero attached hydrogens (tertiary/aromatic N) is 1. The third-order valence-corrected chi connectivity index (χ3v) is 6.50. The van der Waals surface area contributed by atoms with Gasteiger partial charge in [-0.05, 0) is 48.6 Å². The van der Waals surface area contributed by atoms with E-state index in [1.807, 2.05) is 24.3 Å². The second-order valence-corrected chi connectivity index (χ2v) is 8.89. The van der Waals surface area contributed by atoms with Crippen LogP contribution in [0.25, 0.3) is 0 Å². The van der Waals surface area contributed by atoms with Crippen LogP contribution in [0.1, 0.15) is 30.5 Å².